The monoisotopic (exact) mass is 372 g/mol. The van der Waals surface area contributed by atoms with Crippen molar-refractivity contribution in [3.63, 3.8) is 0 Å². The van der Waals surface area contributed by atoms with E-state index in [-0.39, 0.29) is 11.8 Å². The summed E-state index contributed by atoms with van der Waals surface area (Å²) < 4.78 is 12.5. The molecule has 2 aliphatic heterocycles. The number of nitrogens with zero attached hydrogens (tertiary/aromatic N) is 3. The average Bonchev–Trinajstić information content (AvgIpc) is 2.91. The van der Waals surface area contributed by atoms with E-state index < -0.39 is 28.6 Å². The normalized spacial score (nSPS) is 37.9. The van der Waals surface area contributed by atoms with Crippen LogP contribution in [0.15, 0.2) is 42.5 Å². The van der Waals surface area contributed by atoms with E-state index in [0.29, 0.717) is 12.0 Å². The molecule has 1 aromatic carbocycles. The number of fused-ring (bicyclic) bond motifs is 2. The summed E-state index contributed by atoms with van der Waals surface area (Å²) in [5.41, 5.74) is -2.83. The zero-order valence-corrected chi connectivity index (χ0v) is 15.6. The minimum Gasteiger partial charge on any atom is -0.443 e. The van der Waals surface area contributed by atoms with Crippen LogP contribution in [0, 0.1) is 62.1 Å². The first kappa shape index (κ1) is 18.2. The van der Waals surface area contributed by atoms with Crippen LogP contribution < -0.4 is 0 Å². The fourth-order valence-corrected chi connectivity index (χ4v) is 5.10. The fraction of sp³-hybridized carbons (Fsp3) is 0.455. The van der Waals surface area contributed by atoms with Crippen molar-refractivity contribution >= 4 is 5.90 Å². The van der Waals surface area contributed by atoms with E-state index in [0.717, 1.165) is 12.8 Å². The Labute approximate surface area is 164 Å². The molecule has 140 valence electrons. The lowest BCUT2D eigenvalue weighted by Crippen LogP contribution is -2.62. The maximum atomic E-state index is 10.2. The zero-order valence-electron chi connectivity index (χ0n) is 15.6. The Bertz CT molecular complexity index is 953. The first-order valence-electron chi connectivity index (χ1n) is 9.42. The molecule has 0 amide bonds. The molecule has 1 aliphatic carbocycles. The largest absolute Gasteiger partial charge is 0.443 e. The maximum absolute atomic E-state index is 10.2. The number of ether oxygens (including phenoxy) is 2. The quantitative estimate of drug-likeness (QED) is 0.794. The van der Waals surface area contributed by atoms with Crippen LogP contribution in [-0.4, -0.2) is 12.0 Å². The molecule has 5 unspecified atom stereocenters. The molecule has 0 aromatic heterocycles. The standard InChI is InChI=1S/C22H20N4O2/c1-15-21(14-25)19(26)28-22(15,17-10-6-3-7-11-17)27-18(20(21,12-23)13-24)16-8-4-2-5-9-16/h2-4,6-7,10-11,15-16,18,26H,5,8-9H2,1H3. The Morgan fingerprint density at radius 1 is 1.07 bits per heavy atom. The van der Waals surface area contributed by atoms with E-state index in [2.05, 4.69) is 24.3 Å². The molecule has 6 nitrogen and oxygen atoms in total. The molecule has 2 bridgehead atoms. The highest BCUT2D eigenvalue weighted by Crippen LogP contribution is 2.66. The highest BCUT2D eigenvalue weighted by Gasteiger charge is 2.80. The topological polar surface area (TPSA) is 114 Å². The predicted octanol–water partition coefficient (Wildman–Crippen LogP) is 3.78. The molecule has 0 spiro atoms. The van der Waals surface area contributed by atoms with Gasteiger partial charge in [0.2, 0.25) is 11.7 Å². The zero-order chi connectivity index (χ0) is 20.0. The molecule has 6 heteroatoms. The Morgan fingerprint density at radius 2 is 1.79 bits per heavy atom. The molecule has 1 aromatic rings. The highest BCUT2D eigenvalue weighted by molar-refractivity contribution is 5.89. The Balaban J connectivity index is 1.98. The molecule has 2 heterocycles. The summed E-state index contributed by atoms with van der Waals surface area (Å²) in [7, 11) is 0. The van der Waals surface area contributed by atoms with Gasteiger partial charge in [-0.05, 0) is 25.2 Å². The molecule has 0 radical (unpaired) electrons. The van der Waals surface area contributed by atoms with Crippen molar-refractivity contribution < 1.29 is 9.47 Å². The van der Waals surface area contributed by atoms with Crippen LogP contribution in [0.4, 0.5) is 0 Å². The van der Waals surface area contributed by atoms with Gasteiger partial charge in [-0.25, -0.2) is 0 Å². The van der Waals surface area contributed by atoms with Gasteiger partial charge in [-0.15, -0.1) is 0 Å². The first-order valence-corrected chi connectivity index (χ1v) is 9.42. The molecule has 0 saturated carbocycles. The second-order valence-electron chi connectivity index (χ2n) is 7.72. The number of benzene rings is 1. The van der Waals surface area contributed by atoms with Gasteiger partial charge in [0.15, 0.2) is 10.8 Å². The summed E-state index contributed by atoms with van der Waals surface area (Å²) in [5.74, 6) is -2.53. The minimum atomic E-state index is -1.82. The van der Waals surface area contributed by atoms with Crippen molar-refractivity contribution in [2.75, 3.05) is 0 Å². The molecule has 5 atom stereocenters. The lowest BCUT2D eigenvalue weighted by molar-refractivity contribution is -0.296. The predicted molar refractivity (Wildman–Crippen MR) is 99.2 cm³/mol. The van der Waals surface area contributed by atoms with Gasteiger partial charge in [0.1, 0.15) is 0 Å². The second kappa shape index (κ2) is 6.20. The van der Waals surface area contributed by atoms with Crippen molar-refractivity contribution in [3.05, 3.63) is 48.0 Å². The van der Waals surface area contributed by atoms with Crippen molar-refractivity contribution in [1.82, 2.24) is 0 Å². The van der Waals surface area contributed by atoms with Gasteiger partial charge in [0, 0.05) is 5.56 Å². The smallest absolute Gasteiger partial charge is 0.243 e. The summed E-state index contributed by atoms with van der Waals surface area (Å²) in [6.07, 6.45) is 5.49. The summed E-state index contributed by atoms with van der Waals surface area (Å²) in [6, 6.07) is 15.6. The molecule has 28 heavy (non-hydrogen) atoms. The van der Waals surface area contributed by atoms with E-state index in [1.165, 1.54) is 0 Å². The van der Waals surface area contributed by atoms with Gasteiger partial charge in [-0.3, -0.25) is 5.41 Å². The molecular weight excluding hydrogens is 352 g/mol. The van der Waals surface area contributed by atoms with E-state index in [4.69, 9.17) is 14.9 Å². The van der Waals surface area contributed by atoms with Gasteiger partial charge in [0.25, 0.3) is 0 Å². The Hall–Kier alpha value is -3.14. The van der Waals surface area contributed by atoms with Gasteiger partial charge in [-0.1, -0.05) is 49.4 Å². The number of nitrogens with one attached hydrogen (secondary N) is 1. The highest BCUT2D eigenvalue weighted by atomic mass is 16.7. The van der Waals surface area contributed by atoms with Crippen LogP contribution in [0.1, 0.15) is 31.7 Å². The van der Waals surface area contributed by atoms with E-state index >= 15 is 0 Å². The summed E-state index contributed by atoms with van der Waals surface area (Å²) in [6.45, 7) is 1.73. The third kappa shape index (κ3) is 1.95. The van der Waals surface area contributed by atoms with Crippen molar-refractivity contribution in [2.24, 2.45) is 22.7 Å². The third-order valence-corrected chi connectivity index (χ3v) is 6.63. The Morgan fingerprint density at radius 3 is 2.36 bits per heavy atom. The third-order valence-electron chi connectivity index (χ3n) is 6.63. The maximum Gasteiger partial charge on any atom is 0.243 e. The summed E-state index contributed by atoms with van der Waals surface area (Å²) in [5, 5.41) is 39.1. The molecule has 1 N–H and O–H groups in total. The van der Waals surface area contributed by atoms with Gasteiger partial charge < -0.3 is 9.47 Å². The van der Waals surface area contributed by atoms with Crippen molar-refractivity contribution in [1.29, 1.82) is 21.2 Å². The second-order valence-corrected chi connectivity index (χ2v) is 7.72. The summed E-state index contributed by atoms with van der Waals surface area (Å²) in [4.78, 5) is 0. The van der Waals surface area contributed by atoms with Crippen LogP contribution >= 0.6 is 0 Å². The minimum absolute atomic E-state index is 0.109. The van der Waals surface area contributed by atoms with Crippen molar-refractivity contribution in [2.45, 2.75) is 38.1 Å². The van der Waals surface area contributed by atoms with Crippen LogP contribution in [0.3, 0.4) is 0 Å². The lowest BCUT2D eigenvalue weighted by Gasteiger charge is -2.51. The van der Waals surface area contributed by atoms with E-state index in [1.54, 1.807) is 6.92 Å². The Kier molecular flexibility index (Phi) is 4.03. The molecule has 2 fully saturated rings. The van der Waals surface area contributed by atoms with Gasteiger partial charge in [-0.2, -0.15) is 15.8 Å². The van der Waals surface area contributed by atoms with Crippen LogP contribution in [-0.2, 0) is 15.3 Å². The SMILES string of the molecule is CC1C2(c3ccccc3)OC(=N)C1(C#N)C(C#N)(C#N)C(C1CC=CCC1)O2. The average molecular weight is 372 g/mol. The number of hydrogen-bond acceptors (Lipinski definition) is 6. The molecule has 4 rings (SSSR count). The van der Waals surface area contributed by atoms with E-state index in [1.807, 2.05) is 36.4 Å². The van der Waals surface area contributed by atoms with Crippen LogP contribution in [0.25, 0.3) is 0 Å². The number of rotatable bonds is 2. The lowest BCUT2D eigenvalue weighted by atomic mass is 9.52. The number of nitriles is 3. The van der Waals surface area contributed by atoms with Crippen LogP contribution in [0.5, 0.6) is 0 Å². The fourth-order valence-electron chi connectivity index (χ4n) is 5.10. The number of allylic oxidation sites excluding steroid dienone is 2. The molecular formula is C22H20N4O2. The van der Waals surface area contributed by atoms with E-state index in [9.17, 15) is 15.8 Å². The van der Waals surface area contributed by atoms with Crippen molar-refractivity contribution in [3.8, 4) is 18.2 Å². The molecule has 3 aliphatic rings. The first-order chi connectivity index (χ1) is 13.5. The molecule has 2 saturated heterocycles. The van der Waals surface area contributed by atoms with Gasteiger partial charge >= 0.3 is 0 Å². The number of hydrogen-bond donors (Lipinski definition) is 1. The van der Waals surface area contributed by atoms with Gasteiger partial charge in [0.05, 0.1) is 30.2 Å². The summed E-state index contributed by atoms with van der Waals surface area (Å²) >= 11 is 0. The van der Waals surface area contributed by atoms with Crippen LogP contribution in [0.2, 0.25) is 0 Å².